The van der Waals surface area contributed by atoms with Crippen LogP contribution in [-0.4, -0.2) is 20.9 Å². The predicted molar refractivity (Wildman–Crippen MR) is 105 cm³/mol. The molecular formula is C16H8Cl4N4OS. The van der Waals surface area contributed by atoms with Gasteiger partial charge in [-0.2, -0.15) is 0 Å². The van der Waals surface area contributed by atoms with Crippen LogP contribution in [0.1, 0.15) is 10.5 Å². The predicted octanol–water partition coefficient (Wildman–Crippen LogP) is 5.89. The Labute approximate surface area is 173 Å². The van der Waals surface area contributed by atoms with E-state index in [1.165, 1.54) is 11.8 Å². The Morgan fingerprint density at radius 2 is 1.69 bits per heavy atom. The molecule has 3 rings (SSSR count). The van der Waals surface area contributed by atoms with E-state index in [1.54, 1.807) is 24.5 Å². The molecule has 0 fully saturated rings. The summed E-state index contributed by atoms with van der Waals surface area (Å²) < 4.78 is 0. The maximum Gasteiger partial charge on any atom is 0.275 e. The molecule has 1 N–H and O–H groups in total. The molecule has 0 saturated carbocycles. The van der Waals surface area contributed by atoms with E-state index in [1.807, 2.05) is 18.2 Å². The van der Waals surface area contributed by atoms with Crippen LogP contribution < -0.4 is 5.32 Å². The summed E-state index contributed by atoms with van der Waals surface area (Å²) in [6.07, 6.45) is 3.26. The number of nitrogens with one attached hydrogen (secondary N) is 1. The summed E-state index contributed by atoms with van der Waals surface area (Å²) in [6.45, 7) is 0. The van der Waals surface area contributed by atoms with Gasteiger partial charge in [-0.15, -0.1) is 0 Å². The minimum atomic E-state index is -0.574. The summed E-state index contributed by atoms with van der Waals surface area (Å²) in [7, 11) is 0. The molecule has 10 heteroatoms. The zero-order valence-electron chi connectivity index (χ0n) is 12.7. The lowest BCUT2D eigenvalue weighted by atomic mass is 10.3. The first-order valence-electron chi connectivity index (χ1n) is 7.02. The van der Waals surface area contributed by atoms with Gasteiger partial charge in [-0.25, -0.2) is 15.0 Å². The highest BCUT2D eigenvalue weighted by Crippen LogP contribution is 2.36. The fourth-order valence-corrected chi connectivity index (χ4v) is 3.47. The molecule has 0 saturated heterocycles. The SMILES string of the molecule is O=C(Nc1ccnc(Sc2ccccn2)c1)c1nc(Cl)c(Cl)c(Cl)c1Cl. The summed E-state index contributed by atoms with van der Waals surface area (Å²) in [5, 5.41) is 3.91. The topological polar surface area (TPSA) is 67.8 Å². The summed E-state index contributed by atoms with van der Waals surface area (Å²) in [6, 6.07) is 8.90. The van der Waals surface area contributed by atoms with Crippen molar-refractivity contribution < 1.29 is 4.79 Å². The van der Waals surface area contributed by atoms with Crippen LogP contribution in [0.5, 0.6) is 0 Å². The Bertz CT molecular complexity index is 972. The molecule has 0 unspecified atom stereocenters. The third kappa shape index (κ3) is 4.39. The van der Waals surface area contributed by atoms with Crippen molar-refractivity contribution in [3.8, 4) is 0 Å². The molecule has 1 amide bonds. The van der Waals surface area contributed by atoms with Crippen LogP contribution in [0.3, 0.4) is 0 Å². The number of hydrogen-bond donors (Lipinski definition) is 1. The van der Waals surface area contributed by atoms with Crippen molar-refractivity contribution in [1.29, 1.82) is 0 Å². The van der Waals surface area contributed by atoms with Gasteiger partial charge in [0.05, 0.1) is 15.1 Å². The second kappa shape index (κ2) is 8.41. The van der Waals surface area contributed by atoms with Crippen LogP contribution >= 0.6 is 58.2 Å². The number of hydrogen-bond acceptors (Lipinski definition) is 5. The van der Waals surface area contributed by atoms with Gasteiger partial charge in [0.1, 0.15) is 20.9 Å². The molecule has 132 valence electrons. The normalized spacial score (nSPS) is 10.6. The van der Waals surface area contributed by atoms with Crippen LogP contribution in [-0.2, 0) is 0 Å². The van der Waals surface area contributed by atoms with Crippen LogP contribution in [0.25, 0.3) is 0 Å². The number of rotatable bonds is 4. The number of halogens is 4. The zero-order valence-corrected chi connectivity index (χ0v) is 16.6. The summed E-state index contributed by atoms with van der Waals surface area (Å²) in [5.74, 6) is -0.574. The van der Waals surface area contributed by atoms with Crippen LogP contribution in [0, 0.1) is 0 Å². The quantitative estimate of drug-likeness (QED) is 0.507. The number of anilines is 1. The minimum Gasteiger partial charge on any atom is -0.320 e. The molecule has 0 atom stereocenters. The average molecular weight is 446 g/mol. The maximum absolute atomic E-state index is 12.5. The Balaban J connectivity index is 1.81. The molecule has 26 heavy (non-hydrogen) atoms. The van der Waals surface area contributed by atoms with Crippen LogP contribution in [0.4, 0.5) is 5.69 Å². The van der Waals surface area contributed by atoms with Crippen LogP contribution in [0.15, 0.2) is 52.8 Å². The van der Waals surface area contributed by atoms with E-state index in [9.17, 15) is 4.79 Å². The summed E-state index contributed by atoms with van der Waals surface area (Å²) in [5.41, 5.74) is 0.380. The summed E-state index contributed by atoms with van der Waals surface area (Å²) >= 11 is 25.1. The molecule has 0 aliphatic rings. The molecule has 0 aliphatic carbocycles. The molecule has 0 aliphatic heterocycles. The number of carbonyl (C=O) groups is 1. The van der Waals surface area contributed by atoms with Gasteiger partial charge in [0.2, 0.25) is 0 Å². The molecule has 0 aromatic carbocycles. The second-order valence-electron chi connectivity index (χ2n) is 4.80. The van der Waals surface area contributed by atoms with Gasteiger partial charge >= 0.3 is 0 Å². The van der Waals surface area contributed by atoms with E-state index in [0.29, 0.717) is 10.7 Å². The number of pyridine rings is 3. The third-order valence-electron chi connectivity index (χ3n) is 3.04. The van der Waals surface area contributed by atoms with Crippen molar-refractivity contribution in [2.45, 2.75) is 10.1 Å². The minimum absolute atomic E-state index is 0.00663. The fraction of sp³-hybridized carbons (Fsp3) is 0. The van der Waals surface area contributed by atoms with Crippen molar-refractivity contribution in [2.24, 2.45) is 0 Å². The molecule has 5 nitrogen and oxygen atoms in total. The molecular weight excluding hydrogens is 438 g/mol. The van der Waals surface area contributed by atoms with E-state index in [-0.39, 0.29) is 25.9 Å². The van der Waals surface area contributed by atoms with Crippen molar-refractivity contribution >= 4 is 69.8 Å². The summed E-state index contributed by atoms with van der Waals surface area (Å²) in [4.78, 5) is 24.8. The van der Waals surface area contributed by atoms with Crippen molar-refractivity contribution in [1.82, 2.24) is 15.0 Å². The first-order valence-corrected chi connectivity index (χ1v) is 9.35. The highest BCUT2D eigenvalue weighted by Gasteiger charge is 2.20. The van der Waals surface area contributed by atoms with Crippen molar-refractivity contribution in [2.75, 3.05) is 5.32 Å². The Morgan fingerprint density at radius 1 is 0.923 bits per heavy atom. The fourth-order valence-electron chi connectivity index (χ4n) is 1.89. The van der Waals surface area contributed by atoms with Crippen LogP contribution in [0.2, 0.25) is 20.2 Å². The number of amides is 1. The van der Waals surface area contributed by atoms with E-state index >= 15 is 0 Å². The first-order chi connectivity index (χ1) is 12.5. The molecule has 3 heterocycles. The van der Waals surface area contributed by atoms with Gasteiger partial charge in [0.25, 0.3) is 5.91 Å². The number of nitrogens with zero attached hydrogens (tertiary/aromatic N) is 3. The lowest BCUT2D eigenvalue weighted by molar-refractivity contribution is 0.102. The van der Waals surface area contributed by atoms with Gasteiger partial charge in [-0.3, -0.25) is 4.79 Å². The Hall–Kier alpha value is -1.57. The number of carbonyl (C=O) groups excluding carboxylic acids is 1. The van der Waals surface area contributed by atoms with E-state index in [4.69, 9.17) is 46.4 Å². The molecule has 3 aromatic rings. The van der Waals surface area contributed by atoms with Gasteiger partial charge in [-0.05, 0) is 24.3 Å². The third-order valence-corrected chi connectivity index (χ3v) is 5.60. The van der Waals surface area contributed by atoms with Crippen molar-refractivity contribution in [3.63, 3.8) is 0 Å². The van der Waals surface area contributed by atoms with E-state index in [2.05, 4.69) is 20.3 Å². The molecule has 3 aromatic heterocycles. The standard InChI is InChI=1S/C16H8Cl4N4OS/c17-11-12(18)14(24-15(20)13(11)19)16(25)23-8-4-6-22-10(7-8)26-9-3-1-2-5-21-9/h1-7H,(H,22,23,25). The Kier molecular flexibility index (Phi) is 6.21. The molecule has 0 radical (unpaired) electrons. The van der Waals surface area contributed by atoms with Gasteiger partial charge in [0, 0.05) is 18.1 Å². The lowest BCUT2D eigenvalue weighted by Crippen LogP contribution is -2.15. The maximum atomic E-state index is 12.5. The van der Waals surface area contributed by atoms with Gasteiger partial charge < -0.3 is 5.32 Å². The highest BCUT2D eigenvalue weighted by molar-refractivity contribution is 7.99. The van der Waals surface area contributed by atoms with Crippen molar-refractivity contribution in [3.05, 3.63) is 68.6 Å². The monoisotopic (exact) mass is 444 g/mol. The first kappa shape index (κ1) is 19.2. The number of aromatic nitrogens is 3. The average Bonchev–Trinajstić information content (AvgIpc) is 2.64. The Morgan fingerprint density at radius 3 is 2.42 bits per heavy atom. The van der Waals surface area contributed by atoms with E-state index in [0.717, 1.165) is 5.03 Å². The van der Waals surface area contributed by atoms with Gasteiger partial charge in [0.15, 0.2) is 0 Å². The molecule has 0 spiro atoms. The highest BCUT2D eigenvalue weighted by atomic mass is 35.5. The molecule has 0 bridgehead atoms. The zero-order chi connectivity index (χ0) is 18.7. The smallest absolute Gasteiger partial charge is 0.275 e. The second-order valence-corrected chi connectivity index (χ2v) is 7.33. The van der Waals surface area contributed by atoms with Gasteiger partial charge in [-0.1, -0.05) is 64.2 Å². The van der Waals surface area contributed by atoms with E-state index < -0.39 is 5.91 Å². The lowest BCUT2D eigenvalue weighted by Gasteiger charge is -2.09. The largest absolute Gasteiger partial charge is 0.320 e.